The van der Waals surface area contributed by atoms with Gasteiger partial charge in [0, 0.05) is 13.1 Å². The lowest BCUT2D eigenvalue weighted by Crippen LogP contribution is -2.46. The van der Waals surface area contributed by atoms with E-state index in [0.717, 1.165) is 18.8 Å². The van der Waals surface area contributed by atoms with Gasteiger partial charge in [0.15, 0.2) is 0 Å². The number of carbonyl (C=O) groups is 2. The second-order valence-electron chi connectivity index (χ2n) is 5.78. The van der Waals surface area contributed by atoms with E-state index in [-0.39, 0.29) is 18.0 Å². The predicted octanol–water partition coefficient (Wildman–Crippen LogP) is 0.604. The van der Waals surface area contributed by atoms with Gasteiger partial charge in [0.05, 0.1) is 12.3 Å². The normalized spacial score (nSPS) is 23.6. The number of amides is 3. The van der Waals surface area contributed by atoms with Gasteiger partial charge in [-0.05, 0) is 38.1 Å². The molecule has 2 fully saturated rings. The van der Waals surface area contributed by atoms with Gasteiger partial charge in [-0.3, -0.25) is 9.69 Å². The number of urea groups is 1. The summed E-state index contributed by atoms with van der Waals surface area (Å²) in [6, 6.07) is 3.08. The van der Waals surface area contributed by atoms with E-state index in [1.807, 2.05) is 12.1 Å². The quantitative estimate of drug-likeness (QED) is 0.744. The van der Waals surface area contributed by atoms with Crippen LogP contribution in [0.25, 0.3) is 0 Å². The Morgan fingerprint density at radius 1 is 1.41 bits per heavy atom. The summed E-state index contributed by atoms with van der Waals surface area (Å²) in [4.78, 5) is 25.6. The number of nitrogens with one attached hydrogen (secondary N) is 3. The summed E-state index contributed by atoms with van der Waals surface area (Å²) in [5.74, 6) is 0.711. The fourth-order valence-electron chi connectivity index (χ4n) is 3.05. The molecule has 120 valence electrons. The maximum Gasteiger partial charge on any atom is 0.315 e. The summed E-state index contributed by atoms with van der Waals surface area (Å²) in [5.41, 5.74) is 0. The van der Waals surface area contributed by atoms with Gasteiger partial charge in [-0.15, -0.1) is 0 Å². The zero-order valence-corrected chi connectivity index (χ0v) is 12.5. The molecule has 2 saturated heterocycles. The highest BCUT2D eigenvalue weighted by Gasteiger charge is 2.29. The number of hydrogen-bond acceptors (Lipinski definition) is 4. The Labute approximate surface area is 129 Å². The van der Waals surface area contributed by atoms with Crippen molar-refractivity contribution in [3.63, 3.8) is 0 Å². The standard InChI is InChI=1S/C15H22N4O3/c20-14(11-9-17-15(21)18-11)16-10-12(13-5-4-8-22-13)19-6-2-1-3-7-19/h4-5,8,11-12H,1-3,6-7,9-10H2,(H,16,20)(H2,17,18,21)/t11-,12+/m1/s1. The summed E-state index contributed by atoms with van der Waals surface area (Å²) in [6.45, 7) is 2.85. The van der Waals surface area contributed by atoms with Crippen molar-refractivity contribution < 1.29 is 14.0 Å². The van der Waals surface area contributed by atoms with Crippen LogP contribution in [0, 0.1) is 0 Å². The molecule has 0 unspecified atom stereocenters. The van der Waals surface area contributed by atoms with Crippen molar-refractivity contribution in [2.24, 2.45) is 0 Å². The topological polar surface area (TPSA) is 86.6 Å². The minimum Gasteiger partial charge on any atom is -0.468 e. The minimum atomic E-state index is -0.494. The molecule has 2 aliphatic rings. The first-order chi connectivity index (χ1) is 10.7. The molecule has 3 amide bonds. The SMILES string of the molecule is O=C1NC[C@H](C(=O)NC[C@@H](c2ccco2)N2CCCCC2)N1. The number of furan rings is 1. The second-order valence-corrected chi connectivity index (χ2v) is 5.78. The van der Waals surface area contributed by atoms with Crippen LogP contribution in [0.15, 0.2) is 22.8 Å². The van der Waals surface area contributed by atoms with Crippen molar-refractivity contribution in [3.8, 4) is 0 Å². The average molecular weight is 306 g/mol. The van der Waals surface area contributed by atoms with E-state index >= 15 is 0 Å². The zero-order chi connectivity index (χ0) is 15.4. The number of piperidine rings is 1. The highest BCUT2D eigenvalue weighted by Crippen LogP contribution is 2.24. The molecule has 0 radical (unpaired) electrons. The molecule has 3 rings (SSSR count). The smallest absolute Gasteiger partial charge is 0.315 e. The van der Waals surface area contributed by atoms with E-state index in [2.05, 4.69) is 20.9 Å². The van der Waals surface area contributed by atoms with Gasteiger partial charge in [0.1, 0.15) is 11.8 Å². The third kappa shape index (κ3) is 3.41. The van der Waals surface area contributed by atoms with E-state index in [0.29, 0.717) is 13.1 Å². The molecular weight excluding hydrogens is 284 g/mol. The highest BCUT2D eigenvalue weighted by atomic mass is 16.3. The van der Waals surface area contributed by atoms with Crippen molar-refractivity contribution in [3.05, 3.63) is 24.2 Å². The number of nitrogens with zero attached hydrogens (tertiary/aromatic N) is 1. The Morgan fingerprint density at radius 2 is 2.23 bits per heavy atom. The fourth-order valence-corrected chi connectivity index (χ4v) is 3.05. The molecule has 0 aromatic carbocycles. The summed E-state index contributed by atoms with van der Waals surface area (Å²) < 4.78 is 5.55. The Morgan fingerprint density at radius 3 is 2.86 bits per heavy atom. The molecule has 1 aromatic heterocycles. The molecular formula is C15H22N4O3. The zero-order valence-electron chi connectivity index (χ0n) is 12.5. The van der Waals surface area contributed by atoms with Crippen molar-refractivity contribution >= 4 is 11.9 Å². The largest absolute Gasteiger partial charge is 0.468 e. The van der Waals surface area contributed by atoms with Gasteiger partial charge < -0.3 is 20.4 Å². The van der Waals surface area contributed by atoms with E-state index in [9.17, 15) is 9.59 Å². The number of likely N-dealkylation sites (tertiary alicyclic amines) is 1. The van der Waals surface area contributed by atoms with Gasteiger partial charge in [-0.25, -0.2) is 4.79 Å². The fraction of sp³-hybridized carbons (Fsp3) is 0.600. The van der Waals surface area contributed by atoms with Crippen LogP contribution in [0.1, 0.15) is 31.1 Å². The van der Waals surface area contributed by atoms with Gasteiger partial charge in [-0.2, -0.15) is 0 Å². The van der Waals surface area contributed by atoms with Crippen LogP contribution in [0.2, 0.25) is 0 Å². The Balaban J connectivity index is 1.60. The highest BCUT2D eigenvalue weighted by molar-refractivity contribution is 5.90. The molecule has 0 bridgehead atoms. The van der Waals surface area contributed by atoms with Crippen LogP contribution in [-0.2, 0) is 4.79 Å². The Bertz CT molecular complexity index is 511. The summed E-state index contributed by atoms with van der Waals surface area (Å²) in [5, 5.41) is 8.12. The molecule has 2 aliphatic heterocycles. The lowest BCUT2D eigenvalue weighted by molar-refractivity contribution is -0.122. The molecule has 3 N–H and O–H groups in total. The predicted molar refractivity (Wildman–Crippen MR) is 80.2 cm³/mol. The Kier molecular flexibility index (Phi) is 4.62. The first-order valence-corrected chi connectivity index (χ1v) is 7.83. The van der Waals surface area contributed by atoms with Crippen molar-refractivity contribution in [1.29, 1.82) is 0 Å². The summed E-state index contributed by atoms with van der Waals surface area (Å²) in [6.07, 6.45) is 5.27. The van der Waals surface area contributed by atoms with Gasteiger partial charge in [0.2, 0.25) is 5.91 Å². The molecule has 0 spiro atoms. The molecule has 3 heterocycles. The first-order valence-electron chi connectivity index (χ1n) is 7.83. The van der Waals surface area contributed by atoms with Crippen LogP contribution < -0.4 is 16.0 Å². The van der Waals surface area contributed by atoms with Gasteiger partial charge in [-0.1, -0.05) is 6.42 Å². The lowest BCUT2D eigenvalue weighted by Gasteiger charge is -2.33. The lowest BCUT2D eigenvalue weighted by atomic mass is 10.1. The number of carbonyl (C=O) groups excluding carboxylic acids is 2. The number of rotatable bonds is 5. The van der Waals surface area contributed by atoms with Gasteiger partial charge >= 0.3 is 6.03 Å². The van der Waals surface area contributed by atoms with E-state index in [4.69, 9.17) is 4.42 Å². The molecule has 2 atom stereocenters. The van der Waals surface area contributed by atoms with Crippen LogP contribution in [0.3, 0.4) is 0 Å². The Hall–Kier alpha value is -2.02. The maximum absolute atomic E-state index is 12.1. The molecule has 7 nitrogen and oxygen atoms in total. The number of hydrogen-bond donors (Lipinski definition) is 3. The van der Waals surface area contributed by atoms with E-state index < -0.39 is 6.04 Å². The van der Waals surface area contributed by atoms with Crippen LogP contribution in [0.5, 0.6) is 0 Å². The van der Waals surface area contributed by atoms with Gasteiger partial charge in [0.25, 0.3) is 0 Å². The van der Waals surface area contributed by atoms with Crippen molar-refractivity contribution in [2.75, 3.05) is 26.2 Å². The maximum atomic E-state index is 12.1. The summed E-state index contributed by atoms with van der Waals surface area (Å²) in [7, 11) is 0. The average Bonchev–Trinajstić information content (AvgIpc) is 3.20. The van der Waals surface area contributed by atoms with E-state index in [1.165, 1.54) is 19.3 Å². The molecule has 1 aromatic rings. The minimum absolute atomic E-state index is 0.0457. The van der Waals surface area contributed by atoms with Crippen molar-refractivity contribution in [1.82, 2.24) is 20.9 Å². The first kappa shape index (κ1) is 14.9. The second kappa shape index (κ2) is 6.83. The van der Waals surface area contributed by atoms with E-state index in [1.54, 1.807) is 6.26 Å². The molecule has 22 heavy (non-hydrogen) atoms. The molecule has 7 heteroatoms. The third-order valence-corrected chi connectivity index (χ3v) is 4.26. The molecule has 0 aliphatic carbocycles. The third-order valence-electron chi connectivity index (χ3n) is 4.26. The van der Waals surface area contributed by atoms with Crippen molar-refractivity contribution in [2.45, 2.75) is 31.3 Å². The van der Waals surface area contributed by atoms with Crippen LogP contribution >= 0.6 is 0 Å². The monoisotopic (exact) mass is 306 g/mol. The van der Waals surface area contributed by atoms with Crippen LogP contribution in [0.4, 0.5) is 4.79 Å². The summed E-state index contributed by atoms with van der Waals surface area (Å²) >= 11 is 0. The van der Waals surface area contributed by atoms with Crippen LogP contribution in [-0.4, -0.2) is 49.1 Å². The molecule has 0 saturated carbocycles.